The van der Waals surface area contributed by atoms with Gasteiger partial charge < -0.3 is 4.74 Å². The highest BCUT2D eigenvalue weighted by molar-refractivity contribution is 5.95. The Morgan fingerprint density at radius 2 is 2.24 bits per heavy atom. The second-order valence-corrected chi connectivity index (χ2v) is 4.75. The number of hydrogen-bond donors (Lipinski definition) is 2. The van der Waals surface area contributed by atoms with E-state index in [0.717, 1.165) is 24.0 Å². The molecule has 2 N–H and O–H groups in total. The summed E-state index contributed by atoms with van der Waals surface area (Å²) >= 11 is 0. The second kappa shape index (κ2) is 6.90. The highest BCUT2D eigenvalue weighted by Crippen LogP contribution is 2.19. The number of aryl methyl sites for hydroxylation is 2. The molecule has 0 spiro atoms. The summed E-state index contributed by atoms with van der Waals surface area (Å²) < 4.78 is 7.29. The molecule has 112 valence electrons. The van der Waals surface area contributed by atoms with Crippen LogP contribution in [0.25, 0.3) is 0 Å². The fourth-order valence-corrected chi connectivity index (χ4v) is 2.20. The van der Waals surface area contributed by atoms with Crippen molar-refractivity contribution in [3.05, 3.63) is 47.2 Å². The van der Waals surface area contributed by atoms with E-state index in [9.17, 15) is 4.79 Å². The third-order valence-electron chi connectivity index (χ3n) is 3.19. The second-order valence-electron chi connectivity index (χ2n) is 4.75. The molecule has 6 nitrogen and oxygen atoms in total. The van der Waals surface area contributed by atoms with E-state index in [1.807, 2.05) is 13.1 Å². The number of hydrogen-bond acceptors (Lipinski definition) is 4. The molecule has 0 saturated heterocycles. The monoisotopic (exact) mass is 289 g/mol. The van der Waals surface area contributed by atoms with Crippen LogP contribution in [-0.4, -0.2) is 20.9 Å². The molecule has 0 aliphatic rings. The van der Waals surface area contributed by atoms with Gasteiger partial charge in [0.15, 0.2) is 0 Å². The van der Waals surface area contributed by atoms with Crippen molar-refractivity contribution >= 4 is 5.91 Å². The van der Waals surface area contributed by atoms with Crippen LogP contribution in [0.4, 0.5) is 0 Å². The lowest BCUT2D eigenvalue weighted by molar-refractivity contribution is 0.0703. The zero-order valence-corrected chi connectivity index (χ0v) is 12.2. The predicted molar refractivity (Wildman–Crippen MR) is 77.2 cm³/mol. The van der Waals surface area contributed by atoms with Crippen molar-refractivity contribution in [2.45, 2.75) is 26.4 Å². The van der Waals surface area contributed by atoms with Crippen molar-refractivity contribution in [1.82, 2.24) is 15.3 Å². The Kier molecular flexibility index (Phi) is 4.94. The number of aromatic nitrogens is 2. The smallest absolute Gasteiger partial charge is 0.275 e. The molecule has 0 saturated carbocycles. The van der Waals surface area contributed by atoms with E-state index in [-0.39, 0.29) is 6.61 Å². The van der Waals surface area contributed by atoms with Crippen LogP contribution in [0.3, 0.4) is 0 Å². The van der Waals surface area contributed by atoms with Gasteiger partial charge in [-0.2, -0.15) is 0 Å². The van der Waals surface area contributed by atoms with Crippen LogP contribution in [0.15, 0.2) is 30.5 Å². The summed E-state index contributed by atoms with van der Waals surface area (Å²) in [7, 11) is 1.81. The molecule has 1 heterocycles. The maximum Gasteiger partial charge on any atom is 0.275 e. The molecule has 0 aliphatic heterocycles. The molecule has 0 unspecified atom stereocenters. The van der Waals surface area contributed by atoms with E-state index < -0.39 is 5.91 Å². The lowest BCUT2D eigenvalue weighted by atomic mass is 9.98. The fraction of sp³-hybridized carbons (Fsp3) is 0.333. The maximum absolute atomic E-state index is 11.8. The van der Waals surface area contributed by atoms with Crippen LogP contribution >= 0.6 is 0 Å². The number of rotatable bonds is 6. The summed E-state index contributed by atoms with van der Waals surface area (Å²) in [6.07, 6.45) is 3.59. The zero-order chi connectivity index (χ0) is 15.2. The Hall–Kier alpha value is -2.34. The lowest BCUT2D eigenvalue weighted by Gasteiger charge is -2.13. The molecule has 6 heteroatoms. The molecule has 0 aliphatic carbocycles. The molecule has 0 atom stereocenters. The van der Waals surface area contributed by atoms with E-state index in [4.69, 9.17) is 9.94 Å². The van der Waals surface area contributed by atoms with Crippen molar-refractivity contribution in [3.8, 4) is 5.88 Å². The van der Waals surface area contributed by atoms with Crippen molar-refractivity contribution in [3.63, 3.8) is 0 Å². The third-order valence-corrected chi connectivity index (χ3v) is 3.19. The first-order chi connectivity index (χ1) is 10.2. The number of nitrogens with zero attached hydrogens (tertiary/aromatic N) is 2. The van der Waals surface area contributed by atoms with Gasteiger partial charge in [0.2, 0.25) is 5.88 Å². The molecular weight excluding hydrogens is 270 g/mol. The zero-order valence-electron chi connectivity index (χ0n) is 12.2. The summed E-state index contributed by atoms with van der Waals surface area (Å²) in [6, 6.07) is 7.20. The quantitative estimate of drug-likeness (QED) is 0.630. The van der Waals surface area contributed by atoms with Gasteiger partial charge >= 0.3 is 0 Å². The lowest BCUT2D eigenvalue weighted by Crippen LogP contribution is -2.21. The van der Waals surface area contributed by atoms with Gasteiger partial charge in [-0.1, -0.05) is 25.5 Å². The Bertz CT molecular complexity index is 622. The molecule has 2 rings (SSSR count). The number of ether oxygens (including phenoxy) is 1. The molecule has 0 bridgehead atoms. The summed E-state index contributed by atoms with van der Waals surface area (Å²) in [6.45, 7) is 2.30. The largest absolute Gasteiger partial charge is 0.472 e. The minimum Gasteiger partial charge on any atom is -0.472 e. The highest BCUT2D eigenvalue weighted by Gasteiger charge is 2.15. The van der Waals surface area contributed by atoms with Gasteiger partial charge in [-0.3, -0.25) is 14.7 Å². The minimum absolute atomic E-state index is 0.232. The Labute approximate surface area is 123 Å². The van der Waals surface area contributed by atoms with Gasteiger partial charge in [-0.25, -0.2) is 5.48 Å². The van der Waals surface area contributed by atoms with Crippen molar-refractivity contribution in [2.75, 3.05) is 0 Å². The Morgan fingerprint density at radius 3 is 2.86 bits per heavy atom. The van der Waals surface area contributed by atoms with E-state index in [1.54, 1.807) is 34.6 Å². The number of nitrogens with one attached hydrogen (secondary N) is 1. The van der Waals surface area contributed by atoms with Crippen molar-refractivity contribution in [2.24, 2.45) is 7.05 Å². The molecule has 1 amide bonds. The van der Waals surface area contributed by atoms with Gasteiger partial charge in [0, 0.05) is 30.4 Å². The normalized spacial score (nSPS) is 10.4. The van der Waals surface area contributed by atoms with Gasteiger partial charge in [0.1, 0.15) is 6.61 Å². The summed E-state index contributed by atoms with van der Waals surface area (Å²) in [4.78, 5) is 11.8. The Balaban J connectivity index is 2.27. The molecular formula is C15H19N3O3. The first kappa shape index (κ1) is 15.1. The van der Waals surface area contributed by atoms with Crippen molar-refractivity contribution < 1.29 is 14.7 Å². The van der Waals surface area contributed by atoms with Crippen LogP contribution in [-0.2, 0) is 20.1 Å². The average molecular weight is 289 g/mol. The number of amides is 1. The standard InChI is InChI=1S/C15H19N3O3/c1-3-5-11-6-4-7-12(15(19)17-20)13(11)10-21-14-8-9-18(2)16-14/h4,6-9,20H,3,5,10H2,1-2H3,(H,17,19). The van der Waals surface area contributed by atoms with Crippen LogP contribution in [0.5, 0.6) is 5.88 Å². The predicted octanol–water partition coefficient (Wildman–Crippen LogP) is 2.07. The SMILES string of the molecule is CCCc1cccc(C(=O)NO)c1COc1ccn(C)n1. The number of carbonyl (C=O) groups is 1. The molecule has 1 aromatic carbocycles. The fourth-order valence-electron chi connectivity index (χ4n) is 2.20. The summed E-state index contributed by atoms with van der Waals surface area (Å²) in [5.41, 5.74) is 3.91. The highest BCUT2D eigenvalue weighted by atomic mass is 16.5. The summed E-state index contributed by atoms with van der Waals surface area (Å²) in [5, 5.41) is 13.0. The Morgan fingerprint density at radius 1 is 1.43 bits per heavy atom. The van der Waals surface area contributed by atoms with Crippen LogP contribution in [0.1, 0.15) is 34.8 Å². The minimum atomic E-state index is -0.535. The van der Waals surface area contributed by atoms with E-state index in [0.29, 0.717) is 11.4 Å². The van der Waals surface area contributed by atoms with Gasteiger partial charge in [-0.15, -0.1) is 5.10 Å². The topological polar surface area (TPSA) is 76.4 Å². The van der Waals surface area contributed by atoms with Gasteiger partial charge in [-0.05, 0) is 18.1 Å². The third kappa shape index (κ3) is 3.61. The molecule has 0 fully saturated rings. The molecule has 2 aromatic rings. The number of hydroxylamine groups is 1. The average Bonchev–Trinajstić information content (AvgIpc) is 2.91. The maximum atomic E-state index is 11.8. The summed E-state index contributed by atoms with van der Waals surface area (Å²) in [5.74, 6) is -0.0354. The first-order valence-electron chi connectivity index (χ1n) is 6.83. The van der Waals surface area contributed by atoms with E-state index in [1.165, 1.54) is 0 Å². The first-order valence-corrected chi connectivity index (χ1v) is 6.83. The molecule has 0 radical (unpaired) electrons. The van der Waals surface area contributed by atoms with E-state index >= 15 is 0 Å². The number of carbonyl (C=O) groups excluding carboxylic acids is 1. The van der Waals surface area contributed by atoms with Crippen LogP contribution in [0, 0.1) is 0 Å². The van der Waals surface area contributed by atoms with E-state index in [2.05, 4.69) is 12.0 Å². The van der Waals surface area contributed by atoms with Crippen LogP contribution < -0.4 is 10.2 Å². The molecule has 1 aromatic heterocycles. The number of benzene rings is 1. The van der Waals surface area contributed by atoms with Crippen LogP contribution in [0.2, 0.25) is 0 Å². The van der Waals surface area contributed by atoms with Crippen molar-refractivity contribution in [1.29, 1.82) is 0 Å². The van der Waals surface area contributed by atoms with Gasteiger partial charge in [0.25, 0.3) is 5.91 Å². The molecule has 21 heavy (non-hydrogen) atoms. The van der Waals surface area contributed by atoms with Gasteiger partial charge in [0.05, 0.1) is 0 Å².